The van der Waals surface area contributed by atoms with E-state index in [1.54, 1.807) is 35.6 Å². The number of hydrogen-bond donors (Lipinski definition) is 2. The van der Waals surface area contributed by atoms with Crippen molar-refractivity contribution in [1.82, 2.24) is 10.6 Å². The van der Waals surface area contributed by atoms with Crippen LogP contribution in [0.1, 0.15) is 21.7 Å². The van der Waals surface area contributed by atoms with E-state index < -0.39 is 0 Å². The lowest BCUT2D eigenvalue weighted by Crippen LogP contribution is -2.34. The molecule has 6 heteroatoms. The van der Waals surface area contributed by atoms with E-state index in [1.807, 2.05) is 17.5 Å². The lowest BCUT2D eigenvalue weighted by Gasteiger charge is -2.08. The zero-order valence-corrected chi connectivity index (χ0v) is 13.5. The van der Waals surface area contributed by atoms with Crippen LogP contribution in [-0.4, -0.2) is 24.9 Å². The highest BCUT2D eigenvalue weighted by Crippen LogP contribution is 2.14. The fraction of sp³-hybridized carbons (Fsp3) is 0.250. The van der Waals surface area contributed by atoms with Gasteiger partial charge in [-0.05, 0) is 30.0 Å². The molecule has 0 aliphatic rings. The largest absolute Gasteiger partial charge is 0.354 e. The molecule has 0 unspecified atom stereocenters. The molecule has 2 rings (SSSR count). The van der Waals surface area contributed by atoms with Gasteiger partial charge in [0.25, 0.3) is 5.91 Å². The fourth-order valence-corrected chi connectivity index (χ4v) is 2.83. The Bertz CT molecular complexity index is 629. The molecule has 0 fully saturated rings. The summed E-state index contributed by atoms with van der Waals surface area (Å²) in [6, 6.07) is 10.9. The van der Waals surface area contributed by atoms with E-state index in [1.165, 1.54) is 4.88 Å². The zero-order chi connectivity index (χ0) is 15.8. The lowest BCUT2D eigenvalue weighted by atomic mass is 10.2. The van der Waals surface area contributed by atoms with Crippen LogP contribution in [0.15, 0.2) is 41.8 Å². The number of benzene rings is 1. The first-order chi connectivity index (χ1) is 10.7. The summed E-state index contributed by atoms with van der Waals surface area (Å²) in [6.45, 7) is 0.772. The Balaban J connectivity index is 1.63. The molecule has 0 saturated carbocycles. The van der Waals surface area contributed by atoms with Crippen molar-refractivity contribution >= 4 is 34.8 Å². The summed E-state index contributed by atoms with van der Waals surface area (Å²) < 4.78 is 0. The number of thiophene rings is 1. The van der Waals surface area contributed by atoms with Gasteiger partial charge < -0.3 is 10.6 Å². The molecule has 2 N–H and O–H groups in total. The van der Waals surface area contributed by atoms with E-state index in [9.17, 15) is 9.59 Å². The molecule has 1 heterocycles. The van der Waals surface area contributed by atoms with Crippen molar-refractivity contribution in [2.75, 3.05) is 13.1 Å². The van der Waals surface area contributed by atoms with E-state index in [0.29, 0.717) is 30.1 Å². The van der Waals surface area contributed by atoms with E-state index >= 15 is 0 Å². The van der Waals surface area contributed by atoms with E-state index in [0.717, 1.165) is 6.42 Å². The molecular weight excluding hydrogens is 320 g/mol. The first-order valence-electron chi connectivity index (χ1n) is 6.98. The maximum atomic E-state index is 11.9. The minimum absolute atomic E-state index is 0.0135. The normalized spacial score (nSPS) is 10.2. The molecular formula is C16H17ClN2O2S. The van der Waals surface area contributed by atoms with Crippen LogP contribution in [0.2, 0.25) is 5.02 Å². The van der Waals surface area contributed by atoms with Crippen molar-refractivity contribution in [3.8, 4) is 0 Å². The van der Waals surface area contributed by atoms with Gasteiger partial charge in [0.15, 0.2) is 0 Å². The van der Waals surface area contributed by atoms with E-state index in [2.05, 4.69) is 10.6 Å². The third-order valence-corrected chi connectivity index (χ3v) is 4.30. The van der Waals surface area contributed by atoms with Crippen molar-refractivity contribution < 1.29 is 9.59 Å². The Kier molecular flexibility index (Phi) is 6.43. The highest BCUT2D eigenvalue weighted by Gasteiger charge is 2.08. The number of hydrogen-bond acceptors (Lipinski definition) is 3. The topological polar surface area (TPSA) is 58.2 Å². The van der Waals surface area contributed by atoms with Gasteiger partial charge in [-0.1, -0.05) is 29.8 Å². The summed E-state index contributed by atoms with van der Waals surface area (Å²) in [4.78, 5) is 24.7. The molecule has 4 nitrogen and oxygen atoms in total. The monoisotopic (exact) mass is 336 g/mol. The predicted molar refractivity (Wildman–Crippen MR) is 89.4 cm³/mol. The van der Waals surface area contributed by atoms with Crippen molar-refractivity contribution in [3.05, 3.63) is 57.2 Å². The van der Waals surface area contributed by atoms with Gasteiger partial charge in [-0.3, -0.25) is 9.59 Å². The predicted octanol–water partition coefficient (Wildman–Crippen LogP) is 2.88. The van der Waals surface area contributed by atoms with Gasteiger partial charge in [0, 0.05) is 24.4 Å². The quantitative estimate of drug-likeness (QED) is 0.764. The van der Waals surface area contributed by atoms with Crippen LogP contribution in [-0.2, 0) is 11.2 Å². The second-order valence-corrected chi connectivity index (χ2v) is 6.10. The average molecular weight is 337 g/mol. The lowest BCUT2D eigenvalue weighted by molar-refractivity contribution is -0.121. The Morgan fingerprint density at radius 3 is 2.55 bits per heavy atom. The Morgan fingerprint density at radius 1 is 1.05 bits per heavy atom. The number of nitrogens with one attached hydrogen (secondary N) is 2. The van der Waals surface area contributed by atoms with Crippen molar-refractivity contribution in [2.45, 2.75) is 12.8 Å². The molecule has 2 amide bonds. The smallest absolute Gasteiger partial charge is 0.252 e. The van der Waals surface area contributed by atoms with Crippen LogP contribution < -0.4 is 10.6 Å². The third kappa shape index (κ3) is 5.16. The molecule has 116 valence electrons. The van der Waals surface area contributed by atoms with Crippen molar-refractivity contribution in [2.24, 2.45) is 0 Å². The molecule has 1 aromatic carbocycles. The number of rotatable bonds is 7. The summed E-state index contributed by atoms with van der Waals surface area (Å²) in [6.07, 6.45) is 1.20. The third-order valence-electron chi connectivity index (χ3n) is 3.03. The Hall–Kier alpha value is -1.85. The van der Waals surface area contributed by atoms with Crippen LogP contribution in [0.4, 0.5) is 0 Å². The summed E-state index contributed by atoms with van der Waals surface area (Å²) >= 11 is 7.59. The molecule has 2 aromatic rings. The summed E-state index contributed by atoms with van der Waals surface area (Å²) in [5.74, 6) is -0.251. The highest BCUT2D eigenvalue weighted by atomic mass is 35.5. The van der Waals surface area contributed by atoms with Gasteiger partial charge in [-0.15, -0.1) is 11.3 Å². The Labute approximate surface area is 138 Å². The van der Waals surface area contributed by atoms with Crippen molar-refractivity contribution in [1.29, 1.82) is 0 Å². The molecule has 0 spiro atoms. The number of halogens is 1. The van der Waals surface area contributed by atoms with Crippen LogP contribution in [0, 0.1) is 0 Å². The zero-order valence-electron chi connectivity index (χ0n) is 12.0. The van der Waals surface area contributed by atoms with Crippen LogP contribution in [0.5, 0.6) is 0 Å². The Morgan fingerprint density at radius 2 is 1.82 bits per heavy atom. The number of carbonyl (C=O) groups excluding carboxylic acids is 2. The van der Waals surface area contributed by atoms with Crippen molar-refractivity contribution in [3.63, 3.8) is 0 Å². The second kappa shape index (κ2) is 8.56. The van der Waals surface area contributed by atoms with Gasteiger partial charge >= 0.3 is 0 Å². The van der Waals surface area contributed by atoms with Gasteiger partial charge in [0.1, 0.15) is 0 Å². The summed E-state index contributed by atoms with van der Waals surface area (Å²) in [5, 5.41) is 7.93. The first kappa shape index (κ1) is 16.5. The SMILES string of the molecule is O=C(CCc1cccs1)NCCNC(=O)c1ccccc1Cl. The van der Waals surface area contributed by atoms with E-state index in [-0.39, 0.29) is 11.8 Å². The molecule has 22 heavy (non-hydrogen) atoms. The van der Waals surface area contributed by atoms with Crippen LogP contribution >= 0.6 is 22.9 Å². The fourth-order valence-electron chi connectivity index (χ4n) is 1.90. The number of amides is 2. The number of carbonyl (C=O) groups is 2. The summed E-state index contributed by atoms with van der Waals surface area (Å²) in [5.41, 5.74) is 0.438. The highest BCUT2D eigenvalue weighted by molar-refractivity contribution is 7.09. The number of aryl methyl sites for hydroxylation is 1. The standard InChI is InChI=1S/C16H17ClN2O2S/c17-14-6-2-1-5-13(14)16(21)19-10-9-18-15(20)8-7-12-4-3-11-22-12/h1-6,11H,7-10H2,(H,18,20)(H,19,21). The van der Waals surface area contributed by atoms with Crippen LogP contribution in [0.25, 0.3) is 0 Å². The maximum Gasteiger partial charge on any atom is 0.252 e. The molecule has 0 aliphatic heterocycles. The van der Waals surface area contributed by atoms with Gasteiger partial charge in [0.05, 0.1) is 10.6 Å². The average Bonchev–Trinajstić information content (AvgIpc) is 3.03. The molecule has 0 bridgehead atoms. The van der Waals surface area contributed by atoms with Gasteiger partial charge in [-0.25, -0.2) is 0 Å². The molecule has 1 aromatic heterocycles. The molecule has 0 aliphatic carbocycles. The van der Waals surface area contributed by atoms with Crippen LogP contribution in [0.3, 0.4) is 0 Å². The van der Waals surface area contributed by atoms with Gasteiger partial charge in [0.2, 0.25) is 5.91 Å². The summed E-state index contributed by atoms with van der Waals surface area (Å²) in [7, 11) is 0. The second-order valence-electron chi connectivity index (χ2n) is 4.67. The molecule has 0 atom stereocenters. The maximum absolute atomic E-state index is 11.9. The minimum Gasteiger partial charge on any atom is -0.354 e. The molecule has 0 radical (unpaired) electrons. The van der Waals surface area contributed by atoms with E-state index in [4.69, 9.17) is 11.6 Å². The van der Waals surface area contributed by atoms with Gasteiger partial charge in [-0.2, -0.15) is 0 Å². The first-order valence-corrected chi connectivity index (χ1v) is 8.24. The molecule has 0 saturated heterocycles. The minimum atomic E-state index is -0.238.